The molecule has 1 saturated heterocycles. The Bertz CT molecular complexity index is 1340. The van der Waals surface area contributed by atoms with E-state index in [-0.39, 0.29) is 18.9 Å². The Morgan fingerprint density at radius 1 is 1.00 bits per heavy atom. The van der Waals surface area contributed by atoms with Crippen LogP contribution in [-0.2, 0) is 17.8 Å². The van der Waals surface area contributed by atoms with E-state index in [9.17, 15) is 9.59 Å². The number of carbonyl (C=O) groups is 2. The minimum atomic E-state index is -1.08. The molecule has 0 aromatic heterocycles. The summed E-state index contributed by atoms with van der Waals surface area (Å²) < 4.78 is 6.24. The highest BCUT2D eigenvalue weighted by atomic mass is 35.5. The summed E-state index contributed by atoms with van der Waals surface area (Å²) in [5.41, 5.74) is 14.5. The summed E-state index contributed by atoms with van der Waals surface area (Å²) in [7, 11) is 0. The number of amides is 1. The third-order valence-corrected chi connectivity index (χ3v) is 7.03. The molecule has 1 fully saturated rings. The molecular weight excluding hydrogens is 530 g/mol. The number of ether oxygens (including phenoxy) is 1. The summed E-state index contributed by atoms with van der Waals surface area (Å²) in [6.07, 6.45) is 4.66. The van der Waals surface area contributed by atoms with Gasteiger partial charge >= 0.3 is 5.97 Å². The first-order valence-electron chi connectivity index (χ1n) is 13.3. The van der Waals surface area contributed by atoms with Crippen molar-refractivity contribution in [1.29, 1.82) is 0 Å². The van der Waals surface area contributed by atoms with Crippen LogP contribution >= 0.6 is 11.6 Å². The third-order valence-electron chi connectivity index (χ3n) is 6.73. The molecular formula is C30H34ClN5O4. The second-order valence-corrected chi connectivity index (χ2v) is 10.1. The second-order valence-electron chi connectivity index (χ2n) is 9.69. The van der Waals surface area contributed by atoms with Gasteiger partial charge in [-0.2, -0.15) is 4.99 Å². The number of carboxylic acid groups (broad SMARTS) is 1. The van der Waals surface area contributed by atoms with Gasteiger partial charge in [-0.1, -0.05) is 54.8 Å². The van der Waals surface area contributed by atoms with E-state index in [1.165, 1.54) is 12.8 Å². The molecule has 3 aromatic carbocycles. The van der Waals surface area contributed by atoms with E-state index in [2.05, 4.69) is 15.2 Å². The summed E-state index contributed by atoms with van der Waals surface area (Å²) in [6.45, 7) is 2.01. The number of nitrogens with zero attached hydrogens (tertiary/aromatic N) is 2. The lowest BCUT2D eigenvalue weighted by molar-refractivity contribution is -0.138. The number of halogens is 1. The van der Waals surface area contributed by atoms with Gasteiger partial charge in [0.1, 0.15) is 17.5 Å². The molecule has 1 heterocycles. The average Bonchev–Trinajstić information content (AvgIpc) is 3.23. The molecule has 1 amide bonds. The minimum Gasteiger partial charge on any atom is -0.480 e. The molecule has 210 valence electrons. The fraction of sp³-hybridized carbons (Fsp3) is 0.300. The van der Waals surface area contributed by atoms with Crippen LogP contribution in [0, 0.1) is 0 Å². The van der Waals surface area contributed by atoms with E-state index in [4.69, 9.17) is 32.9 Å². The molecule has 0 radical (unpaired) electrons. The van der Waals surface area contributed by atoms with Crippen molar-refractivity contribution in [3.8, 4) is 11.5 Å². The van der Waals surface area contributed by atoms with Gasteiger partial charge in [0.05, 0.1) is 10.7 Å². The highest BCUT2D eigenvalue weighted by Crippen LogP contribution is 2.39. The molecule has 4 rings (SSSR count). The minimum absolute atomic E-state index is 0.0468. The van der Waals surface area contributed by atoms with Gasteiger partial charge in [0.2, 0.25) is 0 Å². The molecule has 0 aliphatic carbocycles. The number of carbonyl (C=O) groups excluding carboxylic acids is 1. The molecule has 0 bridgehead atoms. The van der Waals surface area contributed by atoms with Gasteiger partial charge in [-0.3, -0.25) is 9.59 Å². The number of nitrogens with two attached hydrogens (primary N) is 2. The number of hydrogen-bond acceptors (Lipinski definition) is 5. The number of aliphatic carboxylic acids is 1. The fourth-order valence-corrected chi connectivity index (χ4v) is 4.92. The van der Waals surface area contributed by atoms with Crippen molar-refractivity contribution in [3.63, 3.8) is 0 Å². The number of aliphatic imine (C=N–C) groups is 1. The van der Waals surface area contributed by atoms with Crippen molar-refractivity contribution in [2.75, 3.05) is 18.0 Å². The van der Waals surface area contributed by atoms with Crippen molar-refractivity contribution in [2.45, 2.75) is 44.7 Å². The number of para-hydroxylation sites is 1. The highest BCUT2D eigenvalue weighted by molar-refractivity contribution is 6.33. The Morgan fingerprint density at radius 3 is 2.33 bits per heavy atom. The third kappa shape index (κ3) is 7.74. The first kappa shape index (κ1) is 28.9. The number of carboxylic acids is 1. The van der Waals surface area contributed by atoms with Crippen LogP contribution in [0.1, 0.15) is 47.2 Å². The summed E-state index contributed by atoms with van der Waals surface area (Å²) >= 11 is 6.75. The van der Waals surface area contributed by atoms with Crippen molar-refractivity contribution in [2.24, 2.45) is 16.5 Å². The number of benzene rings is 3. The molecule has 3 aromatic rings. The van der Waals surface area contributed by atoms with Crippen LogP contribution in [0.25, 0.3) is 0 Å². The lowest BCUT2D eigenvalue weighted by Crippen LogP contribution is -2.33. The van der Waals surface area contributed by atoms with Crippen LogP contribution in [0.3, 0.4) is 0 Å². The molecule has 1 atom stereocenters. The quantitative estimate of drug-likeness (QED) is 0.216. The standard InChI is InChI=1S/C30H34ClN5O4/c31-24-14-15-26(40-22-8-4-3-5-9-22)23(27(24)36-16-6-1-2-7-17-36)19-34-30(33)35-28(37)21-12-10-20(11-13-21)18-25(32)29(38)39/h3-5,8-15,25H,1-2,6-7,16-19,32H2,(H,38,39)(H3,33,34,35,37)/t25-/m0/s1. The van der Waals surface area contributed by atoms with Crippen LogP contribution in [0.2, 0.25) is 5.02 Å². The number of anilines is 1. The molecule has 9 nitrogen and oxygen atoms in total. The first-order chi connectivity index (χ1) is 19.3. The lowest BCUT2D eigenvalue weighted by atomic mass is 10.0. The topological polar surface area (TPSA) is 143 Å². The smallest absolute Gasteiger partial charge is 0.320 e. The Kier molecular flexibility index (Phi) is 9.99. The monoisotopic (exact) mass is 563 g/mol. The lowest BCUT2D eigenvalue weighted by Gasteiger charge is -2.28. The highest BCUT2D eigenvalue weighted by Gasteiger charge is 2.21. The molecule has 0 spiro atoms. The molecule has 0 unspecified atom stereocenters. The number of rotatable bonds is 9. The summed E-state index contributed by atoms with van der Waals surface area (Å²) in [6, 6.07) is 18.6. The molecule has 1 aliphatic heterocycles. The van der Waals surface area contributed by atoms with Gasteiger partial charge in [0.25, 0.3) is 5.91 Å². The zero-order valence-electron chi connectivity index (χ0n) is 22.2. The van der Waals surface area contributed by atoms with Gasteiger partial charge < -0.3 is 31.5 Å². The Hall–Kier alpha value is -4.08. The SMILES string of the molecule is N/C(=N\C(=O)c1ccc(C[C@H](N)C(=O)O)cc1)NCc1c(Oc2ccccc2)ccc(Cl)c1N1CCCCCC1. The second kappa shape index (κ2) is 13.8. The van der Waals surface area contributed by atoms with Gasteiger partial charge in [-0.05, 0) is 61.2 Å². The molecule has 6 N–H and O–H groups in total. The molecule has 40 heavy (non-hydrogen) atoms. The summed E-state index contributed by atoms with van der Waals surface area (Å²) in [5, 5.41) is 12.7. The van der Waals surface area contributed by atoms with Crippen LogP contribution in [0.5, 0.6) is 11.5 Å². The van der Waals surface area contributed by atoms with Crippen LogP contribution in [-0.4, -0.2) is 42.1 Å². The maximum atomic E-state index is 12.7. The summed E-state index contributed by atoms with van der Waals surface area (Å²) in [4.78, 5) is 30.0. The first-order valence-corrected chi connectivity index (χ1v) is 13.7. The van der Waals surface area contributed by atoms with Gasteiger partial charge in [-0.25, -0.2) is 0 Å². The Labute approximate surface area is 238 Å². The summed E-state index contributed by atoms with van der Waals surface area (Å²) in [5.74, 6) is -0.332. The number of hydrogen-bond donors (Lipinski definition) is 4. The molecule has 0 saturated carbocycles. The van der Waals surface area contributed by atoms with E-state index in [1.807, 2.05) is 42.5 Å². The maximum absolute atomic E-state index is 12.7. The van der Waals surface area contributed by atoms with Gasteiger partial charge in [0.15, 0.2) is 5.96 Å². The Morgan fingerprint density at radius 2 is 1.68 bits per heavy atom. The van der Waals surface area contributed by atoms with Crippen LogP contribution in [0.15, 0.2) is 71.7 Å². The fourth-order valence-electron chi connectivity index (χ4n) is 4.62. The normalized spacial score (nSPS) is 14.8. The van der Waals surface area contributed by atoms with Crippen molar-refractivity contribution >= 4 is 35.1 Å². The average molecular weight is 564 g/mol. The Balaban J connectivity index is 1.53. The van der Waals surface area contributed by atoms with Crippen LogP contribution in [0.4, 0.5) is 5.69 Å². The largest absolute Gasteiger partial charge is 0.480 e. The number of nitrogens with one attached hydrogen (secondary N) is 1. The zero-order valence-corrected chi connectivity index (χ0v) is 22.9. The van der Waals surface area contributed by atoms with E-state index in [0.29, 0.717) is 27.6 Å². The van der Waals surface area contributed by atoms with E-state index in [1.54, 1.807) is 24.3 Å². The zero-order chi connectivity index (χ0) is 28.5. The van der Waals surface area contributed by atoms with Crippen molar-refractivity contribution in [3.05, 3.63) is 88.4 Å². The van der Waals surface area contributed by atoms with Gasteiger partial charge in [0, 0.05) is 30.8 Å². The van der Waals surface area contributed by atoms with Crippen molar-refractivity contribution < 1.29 is 19.4 Å². The number of guanidine groups is 1. The maximum Gasteiger partial charge on any atom is 0.320 e. The van der Waals surface area contributed by atoms with Crippen LogP contribution < -0.4 is 26.4 Å². The predicted molar refractivity (Wildman–Crippen MR) is 157 cm³/mol. The van der Waals surface area contributed by atoms with Gasteiger partial charge in [-0.15, -0.1) is 0 Å². The molecule has 10 heteroatoms. The van der Waals surface area contributed by atoms with E-state index in [0.717, 1.165) is 37.2 Å². The van der Waals surface area contributed by atoms with Crippen molar-refractivity contribution in [1.82, 2.24) is 5.32 Å². The molecule has 1 aliphatic rings. The van der Waals surface area contributed by atoms with E-state index < -0.39 is 17.9 Å². The van der Waals surface area contributed by atoms with E-state index >= 15 is 0 Å². The predicted octanol–water partition coefficient (Wildman–Crippen LogP) is 4.71.